The number of anilines is 3. The fourth-order valence-electron chi connectivity index (χ4n) is 2.18. The van der Waals surface area contributed by atoms with E-state index in [4.69, 9.17) is 10.5 Å². The quantitative estimate of drug-likeness (QED) is 0.677. The summed E-state index contributed by atoms with van der Waals surface area (Å²) in [6.07, 6.45) is 0.571. The van der Waals surface area contributed by atoms with Crippen LogP contribution in [0.2, 0.25) is 0 Å². The van der Waals surface area contributed by atoms with Crippen LogP contribution in [0.4, 0.5) is 26.2 Å². The second kappa shape index (κ2) is 6.97. The van der Waals surface area contributed by atoms with Gasteiger partial charge in [-0.2, -0.15) is 14.3 Å². The molecule has 0 radical (unpaired) electrons. The Morgan fingerprint density at radius 2 is 1.96 bits per heavy atom. The minimum absolute atomic E-state index is 0.0928. The highest BCUT2D eigenvalue weighted by Gasteiger charge is 2.18. The van der Waals surface area contributed by atoms with Crippen LogP contribution in [0.5, 0.6) is 5.75 Å². The molecular weight excluding hydrogens is 362 g/mol. The van der Waals surface area contributed by atoms with Gasteiger partial charge in [-0.1, -0.05) is 0 Å². The molecule has 0 saturated heterocycles. The SMILES string of the molecule is CC(C)Oc1cc(F)c(Nc2ncc(F)c(N)n2)cc1-n1nnn(C)c1=O. The van der Waals surface area contributed by atoms with Gasteiger partial charge in [-0.3, -0.25) is 0 Å². The van der Waals surface area contributed by atoms with Crippen molar-refractivity contribution in [1.82, 2.24) is 29.8 Å². The molecule has 3 aromatic rings. The van der Waals surface area contributed by atoms with E-state index in [0.29, 0.717) is 0 Å². The van der Waals surface area contributed by atoms with E-state index >= 15 is 0 Å². The molecule has 12 heteroatoms. The number of hydrogen-bond acceptors (Lipinski definition) is 8. The monoisotopic (exact) mass is 378 g/mol. The number of aromatic nitrogens is 6. The van der Waals surface area contributed by atoms with E-state index in [9.17, 15) is 13.6 Å². The smallest absolute Gasteiger partial charge is 0.368 e. The minimum Gasteiger partial charge on any atom is -0.489 e. The van der Waals surface area contributed by atoms with Crippen molar-refractivity contribution in [2.75, 3.05) is 11.1 Å². The summed E-state index contributed by atoms with van der Waals surface area (Å²) < 4.78 is 35.3. The molecule has 0 aliphatic carbocycles. The molecule has 0 unspecified atom stereocenters. The van der Waals surface area contributed by atoms with Crippen molar-refractivity contribution < 1.29 is 13.5 Å². The van der Waals surface area contributed by atoms with Crippen LogP contribution in [-0.4, -0.2) is 35.9 Å². The number of nitrogens with one attached hydrogen (secondary N) is 1. The van der Waals surface area contributed by atoms with Crippen LogP contribution in [0.15, 0.2) is 23.1 Å². The van der Waals surface area contributed by atoms with E-state index in [2.05, 4.69) is 25.7 Å². The number of aryl methyl sites for hydroxylation is 1. The molecule has 3 N–H and O–H groups in total. The molecule has 0 fully saturated rings. The number of nitrogen functional groups attached to an aromatic ring is 1. The summed E-state index contributed by atoms with van der Waals surface area (Å²) in [7, 11) is 1.42. The summed E-state index contributed by atoms with van der Waals surface area (Å²) in [5.74, 6) is -1.93. The highest BCUT2D eigenvalue weighted by molar-refractivity contribution is 5.63. The lowest BCUT2D eigenvalue weighted by atomic mass is 10.2. The van der Waals surface area contributed by atoms with Crippen LogP contribution in [0.25, 0.3) is 5.69 Å². The van der Waals surface area contributed by atoms with Crippen LogP contribution < -0.4 is 21.5 Å². The highest BCUT2D eigenvalue weighted by atomic mass is 19.1. The van der Waals surface area contributed by atoms with Gasteiger partial charge in [0.25, 0.3) is 0 Å². The zero-order valence-electron chi connectivity index (χ0n) is 14.6. The van der Waals surface area contributed by atoms with Gasteiger partial charge in [-0.05, 0) is 30.3 Å². The first-order chi connectivity index (χ1) is 12.8. The second-order valence-corrected chi connectivity index (χ2v) is 5.82. The van der Waals surface area contributed by atoms with E-state index in [-0.39, 0.29) is 29.2 Å². The van der Waals surface area contributed by atoms with Gasteiger partial charge in [-0.25, -0.2) is 18.6 Å². The third-order valence-corrected chi connectivity index (χ3v) is 3.38. The molecule has 2 aromatic heterocycles. The van der Waals surface area contributed by atoms with Crippen LogP contribution in [0, 0.1) is 11.6 Å². The molecule has 0 spiro atoms. The molecule has 27 heavy (non-hydrogen) atoms. The molecule has 10 nitrogen and oxygen atoms in total. The van der Waals surface area contributed by atoms with Crippen molar-refractivity contribution >= 4 is 17.5 Å². The summed E-state index contributed by atoms with van der Waals surface area (Å²) >= 11 is 0. The van der Waals surface area contributed by atoms with Crippen molar-refractivity contribution in [1.29, 1.82) is 0 Å². The maximum absolute atomic E-state index is 14.5. The highest BCUT2D eigenvalue weighted by Crippen LogP contribution is 2.30. The van der Waals surface area contributed by atoms with Gasteiger partial charge in [0.05, 0.1) is 18.0 Å². The number of rotatable bonds is 5. The van der Waals surface area contributed by atoms with Crippen LogP contribution in [0.3, 0.4) is 0 Å². The zero-order chi connectivity index (χ0) is 19.7. The average molecular weight is 378 g/mol. The van der Waals surface area contributed by atoms with Crippen LogP contribution in [-0.2, 0) is 7.05 Å². The van der Waals surface area contributed by atoms with Gasteiger partial charge in [0, 0.05) is 13.1 Å². The number of benzene rings is 1. The van der Waals surface area contributed by atoms with Gasteiger partial charge in [-0.15, -0.1) is 0 Å². The fraction of sp³-hybridized carbons (Fsp3) is 0.267. The molecule has 0 saturated carbocycles. The van der Waals surface area contributed by atoms with E-state index in [1.165, 1.54) is 13.1 Å². The van der Waals surface area contributed by atoms with Gasteiger partial charge in [0.2, 0.25) is 5.95 Å². The Bertz CT molecular complexity index is 1050. The molecule has 2 heterocycles. The normalized spacial score (nSPS) is 11.0. The van der Waals surface area contributed by atoms with E-state index in [1.54, 1.807) is 13.8 Å². The molecule has 1 aromatic carbocycles. The molecular formula is C15H16F2N8O2. The van der Waals surface area contributed by atoms with Gasteiger partial charge in [0.15, 0.2) is 17.5 Å². The Labute approximate surface area is 151 Å². The van der Waals surface area contributed by atoms with E-state index < -0.39 is 23.1 Å². The third kappa shape index (κ3) is 3.68. The first kappa shape index (κ1) is 18.2. The standard InChI is InChI=1S/C15H16F2N8O2/c1-7(2)27-12-4-8(16)10(20-14-19-6-9(17)13(18)21-14)5-11(12)25-15(26)24(3)22-23-25/h4-7H,1-3H3,(H3,18,19,20,21). The number of nitrogens with zero attached hydrogens (tertiary/aromatic N) is 6. The number of tetrazole rings is 1. The minimum atomic E-state index is -0.798. The summed E-state index contributed by atoms with van der Waals surface area (Å²) in [5, 5.41) is 9.97. The fourth-order valence-corrected chi connectivity index (χ4v) is 2.18. The first-order valence-corrected chi connectivity index (χ1v) is 7.81. The maximum Gasteiger partial charge on any atom is 0.368 e. The van der Waals surface area contributed by atoms with Gasteiger partial charge >= 0.3 is 5.69 Å². The second-order valence-electron chi connectivity index (χ2n) is 5.82. The Hall–Kier alpha value is -3.57. The maximum atomic E-state index is 14.5. The lowest BCUT2D eigenvalue weighted by Crippen LogP contribution is -2.23. The van der Waals surface area contributed by atoms with Crippen molar-refractivity contribution in [3.8, 4) is 11.4 Å². The number of halogens is 2. The number of nitrogens with two attached hydrogens (primary N) is 1. The molecule has 0 aliphatic rings. The molecule has 0 bridgehead atoms. The van der Waals surface area contributed by atoms with Crippen molar-refractivity contribution in [3.63, 3.8) is 0 Å². The summed E-state index contributed by atoms with van der Waals surface area (Å²) in [6.45, 7) is 3.50. The topological polar surface area (TPSA) is 126 Å². The average Bonchev–Trinajstić information content (AvgIpc) is 2.92. The van der Waals surface area contributed by atoms with E-state index in [1.807, 2.05) is 0 Å². The molecule has 142 valence electrons. The van der Waals surface area contributed by atoms with Crippen molar-refractivity contribution in [2.45, 2.75) is 20.0 Å². The zero-order valence-corrected chi connectivity index (χ0v) is 14.6. The lowest BCUT2D eigenvalue weighted by molar-refractivity contribution is 0.240. The summed E-state index contributed by atoms with van der Waals surface area (Å²) in [4.78, 5) is 19.6. The summed E-state index contributed by atoms with van der Waals surface area (Å²) in [6, 6.07) is 2.37. The Balaban J connectivity index is 2.10. The predicted molar refractivity (Wildman–Crippen MR) is 92.0 cm³/mol. The Morgan fingerprint density at radius 1 is 1.22 bits per heavy atom. The third-order valence-electron chi connectivity index (χ3n) is 3.38. The largest absolute Gasteiger partial charge is 0.489 e. The summed E-state index contributed by atoms with van der Waals surface area (Å²) in [5.41, 5.74) is 4.90. The van der Waals surface area contributed by atoms with Crippen LogP contribution >= 0.6 is 0 Å². The van der Waals surface area contributed by atoms with Crippen molar-refractivity contribution in [3.05, 3.63) is 40.4 Å². The number of hydrogen-bond donors (Lipinski definition) is 2. The van der Waals surface area contributed by atoms with Crippen LogP contribution in [0.1, 0.15) is 13.8 Å². The Morgan fingerprint density at radius 3 is 2.56 bits per heavy atom. The molecule has 0 amide bonds. The molecule has 0 atom stereocenters. The lowest BCUT2D eigenvalue weighted by Gasteiger charge is -2.16. The first-order valence-electron chi connectivity index (χ1n) is 7.81. The predicted octanol–water partition coefficient (Wildman–Crippen LogP) is 1.15. The van der Waals surface area contributed by atoms with Gasteiger partial charge in [0.1, 0.15) is 11.4 Å². The van der Waals surface area contributed by atoms with E-state index in [0.717, 1.165) is 21.6 Å². The Kier molecular flexibility index (Phi) is 4.71. The number of ether oxygens (including phenoxy) is 1. The van der Waals surface area contributed by atoms with Gasteiger partial charge < -0.3 is 15.8 Å². The molecule has 3 rings (SSSR count). The van der Waals surface area contributed by atoms with Crippen molar-refractivity contribution in [2.24, 2.45) is 7.05 Å². The molecule has 0 aliphatic heterocycles.